The van der Waals surface area contributed by atoms with Crippen LogP contribution in [0.3, 0.4) is 0 Å². The quantitative estimate of drug-likeness (QED) is 0.506. The Bertz CT molecular complexity index is 1210. The van der Waals surface area contributed by atoms with Crippen LogP contribution in [-0.4, -0.2) is 33.1 Å². The summed E-state index contributed by atoms with van der Waals surface area (Å²) in [7, 11) is 1.61. The summed E-state index contributed by atoms with van der Waals surface area (Å²) >= 11 is 0. The van der Waals surface area contributed by atoms with Crippen molar-refractivity contribution in [1.82, 2.24) is 14.0 Å². The van der Waals surface area contributed by atoms with Gasteiger partial charge in [0.05, 0.1) is 13.7 Å². The molecule has 1 amide bonds. The maximum absolute atomic E-state index is 13.4. The van der Waals surface area contributed by atoms with Gasteiger partial charge in [0.15, 0.2) is 0 Å². The molecule has 1 saturated carbocycles. The minimum absolute atomic E-state index is 0.0329. The van der Waals surface area contributed by atoms with Crippen molar-refractivity contribution in [1.29, 1.82) is 0 Å². The van der Waals surface area contributed by atoms with Crippen molar-refractivity contribution in [3.63, 3.8) is 0 Å². The Balaban J connectivity index is 1.57. The van der Waals surface area contributed by atoms with Crippen molar-refractivity contribution in [2.75, 3.05) is 7.11 Å². The summed E-state index contributed by atoms with van der Waals surface area (Å²) in [6.07, 6.45) is 3.66. The van der Waals surface area contributed by atoms with Gasteiger partial charge < -0.3 is 9.64 Å². The molecular formula is C26H29N3O4. The van der Waals surface area contributed by atoms with Gasteiger partial charge in [-0.2, -0.15) is 0 Å². The summed E-state index contributed by atoms with van der Waals surface area (Å²) < 4.78 is 7.71. The van der Waals surface area contributed by atoms with Crippen molar-refractivity contribution >= 4 is 5.91 Å². The number of carbonyl (C=O) groups is 1. The summed E-state index contributed by atoms with van der Waals surface area (Å²) in [5, 5.41) is 0. The van der Waals surface area contributed by atoms with Gasteiger partial charge in [0.1, 0.15) is 12.3 Å². The summed E-state index contributed by atoms with van der Waals surface area (Å²) in [6, 6.07) is 18.5. The molecule has 0 spiro atoms. The highest BCUT2D eigenvalue weighted by atomic mass is 16.5. The lowest BCUT2D eigenvalue weighted by molar-refractivity contribution is -0.135. The number of nitrogens with zero attached hydrogens (tertiary/aromatic N) is 3. The summed E-state index contributed by atoms with van der Waals surface area (Å²) in [5.74, 6) is 0.970. The number of aromatic nitrogens is 2. The van der Waals surface area contributed by atoms with Crippen LogP contribution in [0.2, 0.25) is 0 Å². The van der Waals surface area contributed by atoms with Gasteiger partial charge in [0.25, 0.3) is 5.56 Å². The van der Waals surface area contributed by atoms with E-state index in [1.807, 2.05) is 61.5 Å². The van der Waals surface area contributed by atoms with Crippen LogP contribution in [0.1, 0.15) is 30.9 Å². The Morgan fingerprint density at radius 1 is 1.03 bits per heavy atom. The van der Waals surface area contributed by atoms with Crippen LogP contribution in [0.5, 0.6) is 5.75 Å². The molecule has 7 nitrogen and oxygen atoms in total. The van der Waals surface area contributed by atoms with Gasteiger partial charge in [-0.1, -0.05) is 42.5 Å². The molecule has 2 aromatic carbocycles. The Morgan fingerprint density at radius 2 is 1.73 bits per heavy atom. The molecule has 1 aromatic heterocycles. The number of hydrogen-bond acceptors (Lipinski definition) is 4. The van der Waals surface area contributed by atoms with Gasteiger partial charge >= 0.3 is 5.69 Å². The number of methoxy groups -OCH3 is 1. The molecule has 1 fully saturated rings. The molecule has 0 aliphatic heterocycles. The molecule has 1 unspecified atom stereocenters. The highest BCUT2D eigenvalue weighted by Crippen LogP contribution is 2.35. The molecule has 0 radical (unpaired) electrons. The van der Waals surface area contributed by atoms with Crippen molar-refractivity contribution in [3.05, 3.63) is 98.8 Å². The third kappa shape index (κ3) is 5.42. The molecule has 1 aliphatic carbocycles. The van der Waals surface area contributed by atoms with Crippen LogP contribution in [-0.2, 0) is 24.4 Å². The fourth-order valence-electron chi connectivity index (χ4n) is 4.05. The van der Waals surface area contributed by atoms with Crippen LogP contribution in [0, 0.1) is 5.92 Å². The smallest absolute Gasteiger partial charge is 0.331 e. The van der Waals surface area contributed by atoms with Gasteiger partial charge in [0, 0.05) is 24.8 Å². The first kappa shape index (κ1) is 22.6. The maximum Gasteiger partial charge on any atom is 0.331 e. The van der Waals surface area contributed by atoms with E-state index in [1.165, 1.54) is 16.8 Å². The second-order valence-corrected chi connectivity index (χ2v) is 8.58. The lowest BCUT2D eigenvalue weighted by Gasteiger charge is -2.30. The Hall–Kier alpha value is -3.61. The molecule has 0 bridgehead atoms. The van der Waals surface area contributed by atoms with E-state index < -0.39 is 11.2 Å². The SMILES string of the molecule is COc1ccc(CN(C(=O)Cn2c(=O)ccn(Cc3ccccc3)c2=O)C(C)C2CC2)cc1. The van der Waals surface area contributed by atoms with E-state index in [1.54, 1.807) is 12.0 Å². The minimum atomic E-state index is -0.483. The van der Waals surface area contributed by atoms with E-state index in [2.05, 4.69) is 0 Å². The number of ether oxygens (including phenoxy) is 1. The summed E-state index contributed by atoms with van der Waals surface area (Å²) in [4.78, 5) is 40.7. The monoisotopic (exact) mass is 447 g/mol. The molecule has 0 saturated heterocycles. The Kier molecular flexibility index (Phi) is 6.77. The zero-order valence-electron chi connectivity index (χ0n) is 19.0. The van der Waals surface area contributed by atoms with Crippen LogP contribution in [0.15, 0.2) is 76.4 Å². The zero-order chi connectivity index (χ0) is 23.4. The second kappa shape index (κ2) is 9.90. The van der Waals surface area contributed by atoms with Crippen LogP contribution in [0.4, 0.5) is 0 Å². The first-order valence-electron chi connectivity index (χ1n) is 11.2. The van der Waals surface area contributed by atoms with Crippen molar-refractivity contribution < 1.29 is 9.53 Å². The predicted octanol–water partition coefficient (Wildman–Crippen LogP) is 2.89. The van der Waals surface area contributed by atoms with E-state index in [0.717, 1.165) is 34.3 Å². The Morgan fingerprint density at radius 3 is 2.36 bits per heavy atom. The lowest BCUT2D eigenvalue weighted by Crippen LogP contribution is -2.46. The standard InChI is InChI=1S/C26H29N3O4/c1-19(22-10-11-22)28(17-21-8-12-23(33-2)13-9-21)25(31)18-29-24(30)14-15-27(26(29)32)16-20-6-4-3-5-7-20/h3-9,12-15,19,22H,10-11,16-18H2,1-2H3. The predicted molar refractivity (Wildman–Crippen MR) is 126 cm³/mol. The van der Waals surface area contributed by atoms with Crippen LogP contribution >= 0.6 is 0 Å². The molecule has 1 aliphatic rings. The number of hydrogen-bond donors (Lipinski definition) is 0. The van der Waals surface area contributed by atoms with E-state index >= 15 is 0 Å². The molecule has 3 aromatic rings. The fraction of sp³-hybridized carbons (Fsp3) is 0.346. The van der Waals surface area contributed by atoms with Crippen LogP contribution < -0.4 is 16.0 Å². The molecular weight excluding hydrogens is 418 g/mol. The average molecular weight is 448 g/mol. The van der Waals surface area contributed by atoms with E-state index in [-0.39, 0.29) is 18.5 Å². The van der Waals surface area contributed by atoms with Crippen molar-refractivity contribution in [2.24, 2.45) is 5.92 Å². The molecule has 7 heteroatoms. The minimum Gasteiger partial charge on any atom is -0.497 e. The second-order valence-electron chi connectivity index (χ2n) is 8.58. The van der Waals surface area contributed by atoms with Crippen LogP contribution in [0.25, 0.3) is 0 Å². The lowest BCUT2D eigenvalue weighted by atomic mass is 10.1. The molecule has 4 rings (SSSR count). The highest BCUT2D eigenvalue weighted by molar-refractivity contribution is 5.76. The zero-order valence-corrected chi connectivity index (χ0v) is 19.0. The van der Waals surface area contributed by atoms with Gasteiger partial charge in [-0.05, 0) is 48.9 Å². The molecule has 0 N–H and O–H groups in total. The number of amides is 1. The van der Waals surface area contributed by atoms with Gasteiger partial charge in [0.2, 0.25) is 5.91 Å². The maximum atomic E-state index is 13.4. The normalized spacial score (nSPS) is 14.0. The fourth-order valence-corrected chi connectivity index (χ4v) is 4.05. The van der Waals surface area contributed by atoms with Gasteiger partial charge in [-0.15, -0.1) is 0 Å². The molecule has 33 heavy (non-hydrogen) atoms. The average Bonchev–Trinajstić information content (AvgIpc) is 3.68. The Labute approximate surface area is 192 Å². The first-order chi connectivity index (χ1) is 16.0. The number of benzene rings is 2. The largest absolute Gasteiger partial charge is 0.497 e. The third-order valence-corrected chi connectivity index (χ3v) is 6.26. The summed E-state index contributed by atoms with van der Waals surface area (Å²) in [5.41, 5.74) is 0.961. The third-order valence-electron chi connectivity index (χ3n) is 6.26. The molecule has 1 heterocycles. The summed E-state index contributed by atoms with van der Waals surface area (Å²) in [6.45, 7) is 2.52. The molecule has 172 valence electrons. The number of rotatable bonds is 9. The molecule has 1 atom stereocenters. The van der Waals surface area contributed by atoms with Gasteiger partial charge in [-0.3, -0.25) is 18.7 Å². The van der Waals surface area contributed by atoms with Gasteiger partial charge in [-0.25, -0.2) is 4.79 Å². The van der Waals surface area contributed by atoms with Crippen molar-refractivity contribution in [3.8, 4) is 5.75 Å². The van der Waals surface area contributed by atoms with E-state index in [9.17, 15) is 14.4 Å². The first-order valence-corrected chi connectivity index (χ1v) is 11.2. The van der Waals surface area contributed by atoms with E-state index in [0.29, 0.717) is 19.0 Å². The highest BCUT2D eigenvalue weighted by Gasteiger charge is 2.34. The van der Waals surface area contributed by atoms with Crippen molar-refractivity contribution in [2.45, 2.75) is 45.4 Å². The topological polar surface area (TPSA) is 73.5 Å². The van der Waals surface area contributed by atoms with E-state index in [4.69, 9.17) is 4.74 Å². The number of carbonyl (C=O) groups excluding carboxylic acids is 1.